The highest BCUT2D eigenvalue weighted by molar-refractivity contribution is 5.92. The molecule has 0 fully saturated rings. The number of nitrogens with one attached hydrogen (secondary N) is 1. The van der Waals surface area contributed by atoms with Gasteiger partial charge in [-0.15, -0.1) is 0 Å². The van der Waals surface area contributed by atoms with Crippen LogP contribution >= 0.6 is 0 Å². The predicted octanol–water partition coefficient (Wildman–Crippen LogP) is 4.39. The molecular formula is C19H19F5N2O3. The summed E-state index contributed by atoms with van der Waals surface area (Å²) in [5.41, 5.74) is -0.159. The second-order valence-corrected chi connectivity index (χ2v) is 6.16. The molecule has 158 valence electrons. The van der Waals surface area contributed by atoms with Crippen molar-refractivity contribution in [3.63, 3.8) is 0 Å². The van der Waals surface area contributed by atoms with Crippen molar-refractivity contribution < 1.29 is 36.2 Å². The number of hydrogen-bond donors (Lipinski definition) is 1. The quantitative estimate of drug-likeness (QED) is 0.647. The number of benzene rings is 2. The molecule has 0 spiro atoms. The third-order valence-electron chi connectivity index (χ3n) is 3.78. The molecule has 0 saturated carbocycles. The van der Waals surface area contributed by atoms with Crippen LogP contribution in [0.1, 0.15) is 11.1 Å². The Balaban J connectivity index is 1.97. The second kappa shape index (κ2) is 9.55. The zero-order valence-corrected chi connectivity index (χ0v) is 15.6. The number of carbonyl (C=O) groups excluding carboxylic acids is 1. The Hall–Kier alpha value is -2.88. The maximum absolute atomic E-state index is 12.7. The minimum Gasteiger partial charge on any atom is -0.493 e. The van der Waals surface area contributed by atoms with Gasteiger partial charge in [0.25, 0.3) is 0 Å². The molecule has 2 aromatic carbocycles. The van der Waals surface area contributed by atoms with E-state index in [0.29, 0.717) is 5.56 Å². The van der Waals surface area contributed by atoms with Crippen LogP contribution in [0.25, 0.3) is 0 Å². The molecule has 0 unspecified atom stereocenters. The Labute approximate surface area is 164 Å². The summed E-state index contributed by atoms with van der Waals surface area (Å²) >= 11 is 0. The van der Waals surface area contributed by atoms with Gasteiger partial charge in [0.1, 0.15) is 0 Å². The first-order chi connectivity index (χ1) is 13.6. The Morgan fingerprint density at radius 1 is 1.14 bits per heavy atom. The van der Waals surface area contributed by atoms with Crippen LogP contribution in [0.4, 0.5) is 27.6 Å². The topological polar surface area (TPSA) is 50.8 Å². The van der Waals surface area contributed by atoms with Gasteiger partial charge in [0, 0.05) is 12.2 Å². The minimum atomic E-state index is -4.50. The summed E-state index contributed by atoms with van der Waals surface area (Å²) < 4.78 is 72.3. The number of alkyl halides is 5. The first kappa shape index (κ1) is 22.4. The highest BCUT2D eigenvalue weighted by Gasteiger charge is 2.30. The fourth-order valence-electron chi connectivity index (χ4n) is 2.59. The van der Waals surface area contributed by atoms with Crippen molar-refractivity contribution in [3.8, 4) is 11.5 Å². The maximum Gasteiger partial charge on any atom is 0.416 e. The number of carbonyl (C=O) groups is 1. The molecule has 0 saturated heterocycles. The smallest absolute Gasteiger partial charge is 0.416 e. The number of halogens is 5. The van der Waals surface area contributed by atoms with Crippen LogP contribution in [-0.4, -0.2) is 38.1 Å². The van der Waals surface area contributed by atoms with E-state index in [1.54, 1.807) is 18.0 Å². The van der Waals surface area contributed by atoms with Crippen LogP contribution < -0.4 is 14.8 Å². The summed E-state index contributed by atoms with van der Waals surface area (Å²) in [7, 11) is 2.94. The first-order valence-corrected chi connectivity index (χ1v) is 8.36. The van der Waals surface area contributed by atoms with E-state index in [9.17, 15) is 26.7 Å². The van der Waals surface area contributed by atoms with Crippen LogP contribution in [0.2, 0.25) is 0 Å². The number of anilines is 1. The lowest BCUT2D eigenvalue weighted by atomic mass is 10.2. The second-order valence-electron chi connectivity index (χ2n) is 6.16. The standard InChI is InChI=1S/C19H19F5N2O3/c1-26(10-12-6-7-15(29-18(20)21)16(8-12)28-2)11-17(27)25-14-5-3-4-13(9-14)19(22,23)24/h3-9,18H,10-11H2,1-2H3,(H,25,27). The molecule has 29 heavy (non-hydrogen) atoms. The van der Waals surface area contributed by atoms with E-state index in [1.165, 1.54) is 31.4 Å². The van der Waals surface area contributed by atoms with Crippen LogP contribution in [0.15, 0.2) is 42.5 Å². The Morgan fingerprint density at radius 2 is 1.86 bits per heavy atom. The van der Waals surface area contributed by atoms with Gasteiger partial charge in [0.2, 0.25) is 5.91 Å². The molecule has 0 aromatic heterocycles. The van der Waals surface area contributed by atoms with Crippen LogP contribution in [-0.2, 0) is 17.5 Å². The van der Waals surface area contributed by atoms with Gasteiger partial charge in [-0.25, -0.2) is 0 Å². The average molecular weight is 418 g/mol. The van der Waals surface area contributed by atoms with Gasteiger partial charge in [-0.05, 0) is 42.9 Å². The van der Waals surface area contributed by atoms with Gasteiger partial charge in [0.05, 0.1) is 19.2 Å². The summed E-state index contributed by atoms with van der Waals surface area (Å²) in [6, 6.07) is 8.70. The number of hydrogen-bond acceptors (Lipinski definition) is 4. The molecule has 1 amide bonds. The summed E-state index contributed by atoms with van der Waals surface area (Å²) in [5, 5.41) is 2.42. The van der Waals surface area contributed by atoms with Crippen molar-refractivity contribution in [3.05, 3.63) is 53.6 Å². The lowest BCUT2D eigenvalue weighted by molar-refractivity contribution is -0.137. The first-order valence-electron chi connectivity index (χ1n) is 8.36. The van der Waals surface area contributed by atoms with E-state index in [0.717, 1.165) is 12.1 Å². The largest absolute Gasteiger partial charge is 0.493 e. The van der Waals surface area contributed by atoms with E-state index in [1.807, 2.05) is 0 Å². The molecular weight excluding hydrogens is 399 g/mol. The normalized spacial score (nSPS) is 11.6. The van der Waals surface area contributed by atoms with E-state index >= 15 is 0 Å². The molecule has 0 radical (unpaired) electrons. The lowest BCUT2D eigenvalue weighted by Gasteiger charge is -2.18. The van der Waals surface area contributed by atoms with E-state index in [2.05, 4.69) is 10.1 Å². The van der Waals surface area contributed by atoms with E-state index < -0.39 is 24.3 Å². The number of methoxy groups -OCH3 is 1. The third kappa shape index (κ3) is 6.90. The van der Waals surface area contributed by atoms with Gasteiger partial charge in [0.15, 0.2) is 11.5 Å². The van der Waals surface area contributed by atoms with E-state index in [-0.39, 0.29) is 30.3 Å². The fourth-order valence-corrected chi connectivity index (χ4v) is 2.59. The molecule has 0 aliphatic heterocycles. The maximum atomic E-state index is 12.7. The zero-order valence-electron chi connectivity index (χ0n) is 15.6. The average Bonchev–Trinajstić information content (AvgIpc) is 2.61. The highest BCUT2D eigenvalue weighted by Crippen LogP contribution is 2.31. The molecule has 10 heteroatoms. The van der Waals surface area contributed by atoms with Gasteiger partial charge < -0.3 is 14.8 Å². The molecule has 2 rings (SSSR count). The summed E-state index contributed by atoms with van der Waals surface area (Å²) in [6.07, 6.45) is -4.50. The van der Waals surface area contributed by atoms with Gasteiger partial charge in [-0.2, -0.15) is 22.0 Å². The molecule has 0 heterocycles. The lowest BCUT2D eigenvalue weighted by Crippen LogP contribution is -2.29. The van der Waals surface area contributed by atoms with Gasteiger partial charge in [-0.1, -0.05) is 12.1 Å². The van der Waals surface area contributed by atoms with Crippen LogP contribution in [0.3, 0.4) is 0 Å². The fraction of sp³-hybridized carbons (Fsp3) is 0.316. The Kier molecular flexibility index (Phi) is 7.38. The number of nitrogens with zero attached hydrogens (tertiary/aromatic N) is 1. The highest BCUT2D eigenvalue weighted by atomic mass is 19.4. The molecule has 0 aliphatic carbocycles. The molecule has 1 N–H and O–H groups in total. The predicted molar refractivity (Wildman–Crippen MR) is 96.0 cm³/mol. The summed E-state index contributed by atoms with van der Waals surface area (Å²) in [4.78, 5) is 13.7. The summed E-state index contributed by atoms with van der Waals surface area (Å²) in [6.45, 7) is -2.83. The molecule has 0 atom stereocenters. The van der Waals surface area contributed by atoms with Gasteiger partial charge in [-0.3, -0.25) is 9.69 Å². The number of amides is 1. The molecule has 0 aliphatic rings. The van der Waals surface area contributed by atoms with Crippen molar-refractivity contribution in [1.82, 2.24) is 4.90 Å². The van der Waals surface area contributed by atoms with Crippen molar-refractivity contribution >= 4 is 11.6 Å². The molecule has 2 aromatic rings. The van der Waals surface area contributed by atoms with Crippen LogP contribution in [0.5, 0.6) is 11.5 Å². The van der Waals surface area contributed by atoms with E-state index in [4.69, 9.17) is 4.74 Å². The molecule has 5 nitrogen and oxygen atoms in total. The van der Waals surface area contributed by atoms with Gasteiger partial charge >= 0.3 is 12.8 Å². The number of likely N-dealkylation sites (N-methyl/N-ethyl adjacent to an activating group) is 1. The summed E-state index contributed by atoms with van der Waals surface area (Å²) in [5.74, 6) is -0.503. The van der Waals surface area contributed by atoms with Crippen molar-refractivity contribution in [2.45, 2.75) is 19.3 Å². The van der Waals surface area contributed by atoms with Crippen molar-refractivity contribution in [2.75, 3.05) is 26.0 Å². The third-order valence-corrected chi connectivity index (χ3v) is 3.78. The monoisotopic (exact) mass is 418 g/mol. The Bertz CT molecular complexity index is 843. The molecule has 0 bridgehead atoms. The minimum absolute atomic E-state index is 0.0356. The number of ether oxygens (including phenoxy) is 2. The van der Waals surface area contributed by atoms with Crippen molar-refractivity contribution in [2.24, 2.45) is 0 Å². The van der Waals surface area contributed by atoms with Crippen LogP contribution in [0, 0.1) is 0 Å². The van der Waals surface area contributed by atoms with Crippen molar-refractivity contribution in [1.29, 1.82) is 0 Å². The SMILES string of the molecule is COc1cc(CN(C)CC(=O)Nc2cccc(C(F)(F)F)c2)ccc1OC(F)F. The zero-order chi connectivity index (χ0) is 21.6. The Morgan fingerprint density at radius 3 is 2.48 bits per heavy atom. The number of rotatable bonds is 8.